The van der Waals surface area contributed by atoms with E-state index < -0.39 is 0 Å². The van der Waals surface area contributed by atoms with Crippen LogP contribution in [0.2, 0.25) is 0 Å². The molecule has 0 saturated heterocycles. The van der Waals surface area contributed by atoms with Crippen LogP contribution in [0.3, 0.4) is 0 Å². The molecule has 2 aromatic heterocycles. The Morgan fingerprint density at radius 1 is 1.31 bits per heavy atom. The highest BCUT2D eigenvalue weighted by Gasteiger charge is 2.28. The van der Waals surface area contributed by atoms with Gasteiger partial charge in [-0.05, 0) is 30.7 Å². The Hall–Kier alpha value is -2.80. The number of hydrogen-bond acceptors (Lipinski definition) is 5. The molecule has 3 heterocycles. The fraction of sp³-hybridized carbons (Fsp3) is 0.211. The molecule has 132 valence electrons. The van der Waals surface area contributed by atoms with E-state index in [1.165, 1.54) is 0 Å². The molecule has 0 fully saturated rings. The van der Waals surface area contributed by atoms with Crippen molar-refractivity contribution in [2.45, 2.75) is 18.8 Å². The highest BCUT2D eigenvalue weighted by molar-refractivity contribution is 8.00. The van der Waals surface area contributed by atoms with Crippen molar-refractivity contribution >= 4 is 23.5 Å². The van der Waals surface area contributed by atoms with Crippen molar-refractivity contribution in [1.82, 2.24) is 15.2 Å². The zero-order chi connectivity index (χ0) is 17.9. The molecular formula is C19H18N4O2S. The zero-order valence-corrected chi connectivity index (χ0v) is 15.0. The maximum atomic E-state index is 11.9. The third-order valence-electron chi connectivity index (χ3n) is 4.18. The van der Waals surface area contributed by atoms with Gasteiger partial charge in [-0.25, -0.2) is 0 Å². The Morgan fingerprint density at radius 3 is 3.08 bits per heavy atom. The first-order valence-electron chi connectivity index (χ1n) is 8.28. The number of nitrogens with one attached hydrogen (secondary N) is 2. The summed E-state index contributed by atoms with van der Waals surface area (Å²) in [5.74, 6) is 1.76. The van der Waals surface area contributed by atoms with E-state index in [2.05, 4.69) is 26.6 Å². The van der Waals surface area contributed by atoms with Crippen LogP contribution in [0.15, 0.2) is 48.8 Å². The van der Waals surface area contributed by atoms with Crippen molar-refractivity contribution in [3.05, 3.63) is 71.2 Å². The van der Waals surface area contributed by atoms with Crippen LogP contribution in [0, 0.1) is 6.92 Å². The number of fused-ring (bicyclic) bond motifs is 1. The second kappa shape index (κ2) is 7.21. The summed E-state index contributed by atoms with van der Waals surface area (Å²) in [7, 11) is 0. The van der Waals surface area contributed by atoms with Crippen LogP contribution in [0.5, 0.6) is 5.75 Å². The van der Waals surface area contributed by atoms with Gasteiger partial charge in [0.05, 0.1) is 11.0 Å². The van der Waals surface area contributed by atoms with E-state index in [1.807, 2.05) is 37.3 Å². The molecule has 1 unspecified atom stereocenters. The third-order valence-corrected chi connectivity index (χ3v) is 5.45. The molecule has 0 saturated carbocycles. The lowest BCUT2D eigenvalue weighted by atomic mass is 10.0. The summed E-state index contributed by atoms with van der Waals surface area (Å²) in [5.41, 5.74) is 4.08. The molecule has 1 atom stereocenters. The molecule has 1 amide bonds. The van der Waals surface area contributed by atoms with Crippen molar-refractivity contribution in [2.75, 3.05) is 11.1 Å². The van der Waals surface area contributed by atoms with Crippen molar-refractivity contribution in [3.63, 3.8) is 0 Å². The predicted molar refractivity (Wildman–Crippen MR) is 101 cm³/mol. The van der Waals surface area contributed by atoms with Gasteiger partial charge in [0.25, 0.3) is 0 Å². The summed E-state index contributed by atoms with van der Waals surface area (Å²) in [4.78, 5) is 16.0. The summed E-state index contributed by atoms with van der Waals surface area (Å²) >= 11 is 1.59. The number of rotatable bonds is 4. The summed E-state index contributed by atoms with van der Waals surface area (Å²) in [6.07, 6.45) is 3.54. The standard InChI is InChI=1S/C19H18N4O2S/c1-12-17-18(26-11-16(24)21-19(17)23-22-12)14-5-2-6-15(8-14)25-10-13-4-3-7-20-9-13/h2-9,18H,10-11H2,1H3,(H2,21,22,23,24). The van der Waals surface area contributed by atoms with Gasteiger partial charge in [0.15, 0.2) is 5.82 Å². The minimum atomic E-state index is -0.0331. The molecule has 7 heteroatoms. The first-order valence-corrected chi connectivity index (χ1v) is 9.33. The molecule has 0 spiro atoms. The Morgan fingerprint density at radius 2 is 2.23 bits per heavy atom. The number of nitrogens with zero attached hydrogens (tertiary/aromatic N) is 2. The minimum absolute atomic E-state index is 0.0182. The topological polar surface area (TPSA) is 79.9 Å². The normalized spacial score (nSPS) is 16.5. The number of benzene rings is 1. The summed E-state index contributed by atoms with van der Waals surface area (Å²) in [6, 6.07) is 11.9. The highest BCUT2D eigenvalue weighted by atomic mass is 32.2. The first kappa shape index (κ1) is 16.7. The van der Waals surface area contributed by atoms with Gasteiger partial charge in [-0.2, -0.15) is 5.10 Å². The number of anilines is 1. The molecule has 0 radical (unpaired) electrons. The van der Waals surface area contributed by atoms with Crippen molar-refractivity contribution in [1.29, 1.82) is 0 Å². The number of pyridine rings is 1. The molecule has 1 aliphatic rings. The molecular weight excluding hydrogens is 348 g/mol. The van der Waals surface area contributed by atoms with Crippen LogP contribution in [0.1, 0.15) is 27.6 Å². The van der Waals surface area contributed by atoms with E-state index in [4.69, 9.17) is 4.74 Å². The number of H-pyrrole nitrogens is 1. The van der Waals surface area contributed by atoms with E-state index in [0.717, 1.165) is 28.1 Å². The molecule has 4 rings (SSSR count). The quantitative estimate of drug-likeness (QED) is 0.739. The van der Waals surface area contributed by atoms with E-state index in [1.54, 1.807) is 24.2 Å². The SMILES string of the molecule is Cc1[nH]nc2c1C(c1cccc(OCc3cccnc3)c1)SCC(=O)N2. The highest BCUT2D eigenvalue weighted by Crippen LogP contribution is 2.42. The van der Waals surface area contributed by atoms with Crippen molar-refractivity contribution < 1.29 is 9.53 Å². The van der Waals surface area contributed by atoms with E-state index in [9.17, 15) is 4.79 Å². The summed E-state index contributed by atoms with van der Waals surface area (Å²) in [5, 5.41) is 10.1. The Bertz CT molecular complexity index is 926. The Kier molecular flexibility index (Phi) is 4.62. The number of aromatic nitrogens is 3. The number of ether oxygens (including phenoxy) is 1. The first-order chi connectivity index (χ1) is 12.7. The van der Waals surface area contributed by atoms with Crippen LogP contribution in [0.4, 0.5) is 5.82 Å². The molecule has 6 nitrogen and oxygen atoms in total. The lowest BCUT2D eigenvalue weighted by molar-refractivity contribution is -0.113. The number of carbonyl (C=O) groups is 1. The van der Waals surface area contributed by atoms with E-state index in [-0.39, 0.29) is 11.2 Å². The maximum Gasteiger partial charge on any atom is 0.235 e. The van der Waals surface area contributed by atoms with Gasteiger partial charge in [-0.15, -0.1) is 11.8 Å². The molecule has 0 aliphatic carbocycles. The van der Waals surface area contributed by atoms with Crippen LogP contribution >= 0.6 is 11.8 Å². The number of carbonyl (C=O) groups excluding carboxylic acids is 1. The predicted octanol–water partition coefficient (Wildman–Crippen LogP) is 3.47. The second-order valence-corrected chi connectivity index (χ2v) is 7.17. The number of amides is 1. The van der Waals surface area contributed by atoms with Crippen LogP contribution in [0.25, 0.3) is 0 Å². The van der Waals surface area contributed by atoms with Crippen LogP contribution < -0.4 is 10.1 Å². The number of thioether (sulfide) groups is 1. The maximum absolute atomic E-state index is 11.9. The van der Waals surface area contributed by atoms with Gasteiger partial charge in [-0.1, -0.05) is 18.2 Å². The molecule has 1 aromatic carbocycles. The number of aryl methyl sites for hydroxylation is 1. The molecule has 2 N–H and O–H groups in total. The van der Waals surface area contributed by atoms with Gasteiger partial charge in [-0.3, -0.25) is 14.9 Å². The number of hydrogen-bond donors (Lipinski definition) is 2. The van der Waals surface area contributed by atoms with Gasteiger partial charge >= 0.3 is 0 Å². The lowest BCUT2D eigenvalue weighted by Crippen LogP contribution is -2.12. The van der Waals surface area contributed by atoms with Crippen LogP contribution in [-0.4, -0.2) is 26.8 Å². The van der Waals surface area contributed by atoms with E-state index >= 15 is 0 Å². The number of aromatic amines is 1. The fourth-order valence-electron chi connectivity index (χ4n) is 2.94. The second-order valence-electron chi connectivity index (χ2n) is 6.07. The van der Waals surface area contributed by atoms with Gasteiger partial charge in [0.2, 0.25) is 5.91 Å². The minimum Gasteiger partial charge on any atom is -0.489 e. The smallest absolute Gasteiger partial charge is 0.235 e. The molecule has 26 heavy (non-hydrogen) atoms. The van der Waals surface area contributed by atoms with Crippen LogP contribution in [-0.2, 0) is 11.4 Å². The Labute approximate surface area is 155 Å². The largest absolute Gasteiger partial charge is 0.489 e. The molecule has 0 bridgehead atoms. The zero-order valence-electron chi connectivity index (χ0n) is 14.2. The van der Waals surface area contributed by atoms with Crippen molar-refractivity contribution in [3.8, 4) is 5.75 Å². The molecule has 3 aromatic rings. The molecule has 1 aliphatic heterocycles. The Balaban J connectivity index is 1.60. The monoisotopic (exact) mass is 366 g/mol. The summed E-state index contributed by atoms with van der Waals surface area (Å²) < 4.78 is 5.92. The van der Waals surface area contributed by atoms with E-state index in [0.29, 0.717) is 18.2 Å². The fourth-order valence-corrected chi connectivity index (χ4v) is 4.13. The third kappa shape index (κ3) is 3.43. The van der Waals surface area contributed by atoms with Gasteiger partial charge < -0.3 is 10.1 Å². The summed E-state index contributed by atoms with van der Waals surface area (Å²) in [6.45, 7) is 2.44. The van der Waals surface area contributed by atoms with Gasteiger partial charge in [0, 0.05) is 29.2 Å². The lowest BCUT2D eigenvalue weighted by Gasteiger charge is -2.16. The van der Waals surface area contributed by atoms with Gasteiger partial charge in [0.1, 0.15) is 12.4 Å². The van der Waals surface area contributed by atoms with Crippen molar-refractivity contribution in [2.24, 2.45) is 0 Å². The average molecular weight is 366 g/mol. The average Bonchev–Trinajstić information content (AvgIpc) is 2.92.